The maximum atomic E-state index is 12.7. The van der Waals surface area contributed by atoms with Crippen molar-refractivity contribution in [2.24, 2.45) is 0 Å². The van der Waals surface area contributed by atoms with Gasteiger partial charge in [-0.1, -0.05) is 19.9 Å². The predicted octanol–water partition coefficient (Wildman–Crippen LogP) is 1.55. The van der Waals surface area contributed by atoms with E-state index < -0.39 is 23.8 Å². The predicted molar refractivity (Wildman–Crippen MR) is 81.8 cm³/mol. The lowest BCUT2D eigenvalue weighted by Gasteiger charge is -2.32. The summed E-state index contributed by atoms with van der Waals surface area (Å²) in [5.41, 5.74) is 1.63. The van der Waals surface area contributed by atoms with E-state index in [1.54, 1.807) is 12.1 Å². The van der Waals surface area contributed by atoms with Crippen molar-refractivity contribution in [1.29, 1.82) is 0 Å². The van der Waals surface area contributed by atoms with Crippen LogP contribution in [0.2, 0.25) is 0 Å². The number of benzene rings is 1. The van der Waals surface area contributed by atoms with Gasteiger partial charge in [0, 0.05) is 13.5 Å². The third-order valence-corrected chi connectivity index (χ3v) is 4.54. The van der Waals surface area contributed by atoms with E-state index in [9.17, 15) is 19.2 Å². The first-order valence-electron chi connectivity index (χ1n) is 7.65. The smallest absolute Gasteiger partial charge is 0.262 e. The van der Waals surface area contributed by atoms with Crippen LogP contribution in [-0.2, 0) is 9.59 Å². The lowest BCUT2D eigenvalue weighted by molar-refractivity contribution is -0.149. The zero-order chi connectivity index (χ0) is 16.9. The first-order chi connectivity index (χ1) is 10.8. The number of likely N-dealkylation sites (N-methyl/N-ethyl adjacent to an activating group) is 1. The van der Waals surface area contributed by atoms with Crippen molar-refractivity contribution in [3.8, 4) is 0 Å². The second kappa shape index (κ2) is 5.30. The maximum absolute atomic E-state index is 12.7. The molecule has 6 nitrogen and oxygen atoms in total. The highest BCUT2D eigenvalue weighted by atomic mass is 16.2. The van der Waals surface area contributed by atoms with Gasteiger partial charge in [0.15, 0.2) is 0 Å². The molecule has 0 aromatic heterocycles. The number of carbonyl (C=O) groups is 4. The van der Waals surface area contributed by atoms with Crippen LogP contribution in [0.5, 0.6) is 0 Å². The minimum atomic E-state index is -0.896. The van der Waals surface area contributed by atoms with Crippen LogP contribution in [0.3, 0.4) is 0 Å². The molecular weight excluding hydrogens is 296 g/mol. The highest BCUT2D eigenvalue weighted by molar-refractivity contribution is 6.23. The summed E-state index contributed by atoms with van der Waals surface area (Å²) in [5.74, 6) is -1.46. The summed E-state index contributed by atoms with van der Waals surface area (Å²) < 4.78 is 0. The van der Waals surface area contributed by atoms with E-state index in [-0.39, 0.29) is 24.7 Å². The zero-order valence-corrected chi connectivity index (χ0v) is 13.3. The van der Waals surface area contributed by atoms with Crippen LogP contribution in [0.4, 0.5) is 0 Å². The van der Waals surface area contributed by atoms with Crippen molar-refractivity contribution in [2.75, 3.05) is 7.05 Å². The van der Waals surface area contributed by atoms with Gasteiger partial charge in [-0.15, -0.1) is 0 Å². The Labute approximate surface area is 134 Å². The van der Waals surface area contributed by atoms with E-state index >= 15 is 0 Å². The van der Waals surface area contributed by atoms with Crippen molar-refractivity contribution in [2.45, 2.75) is 38.6 Å². The van der Waals surface area contributed by atoms with Crippen molar-refractivity contribution in [1.82, 2.24) is 9.80 Å². The highest BCUT2D eigenvalue weighted by Crippen LogP contribution is 2.30. The quantitative estimate of drug-likeness (QED) is 0.776. The van der Waals surface area contributed by atoms with E-state index in [0.29, 0.717) is 11.1 Å². The molecule has 1 aromatic rings. The van der Waals surface area contributed by atoms with Gasteiger partial charge >= 0.3 is 0 Å². The Morgan fingerprint density at radius 2 is 1.70 bits per heavy atom. The molecular formula is C17H18N2O4. The Balaban J connectivity index is 1.97. The summed E-state index contributed by atoms with van der Waals surface area (Å²) >= 11 is 0. The molecule has 1 saturated heterocycles. The molecule has 2 heterocycles. The molecule has 1 aromatic carbocycles. The first kappa shape index (κ1) is 15.4. The largest absolute Gasteiger partial charge is 0.284 e. The van der Waals surface area contributed by atoms with E-state index in [2.05, 4.69) is 0 Å². The lowest BCUT2D eigenvalue weighted by Crippen LogP contribution is -2.54. The molecule has 0 bridgehead atoms. The van der Waals surface area contributed by atoms with E-state index in [0.717, 1.165) is 15.4 Å². The van der Waals surface area contributed by atoms with E-state index in [4.69, 9.17) is 0 Å². The number of fused-ring (bicyclic) bond motifs is 1. The zero-order valence-electron chi connectivity index (χ0n) is 13.3. The van der Waals surface area contributed by atoms with Crippen molar-refractivity contribution >= 4 is 23.6 Å². The Bertz CT molecular complexity index is 738. The minimum absolute atomic E-state index is 0.150. The Morgan fingerprint density at radius 3 is 2.35 bits per heavy atom. The van der Waals surface area contributed by atoms with Crippen molar-refractivity contribution in [3.05, 3.63) is 34.9 Å². The number of piperidine rings is 1. The lowest BCUT2D eigenvalue weighted by atomic mass is 9.98. The van der Waals surface area contributed by atoms with Crippen molar-refractivity contribution in [3.63, 3.8) is 0 Å². The third-order valence-electron chi connectivity index (χ3n) is 4.54. The summed E-state index contributed by atoms with van der Waals surface area (Å²) in [6.07, 6.45) is 0.335. The summed E-state index contributed by atoms with van der Waals surface area (Å²) in [5, 5.41) is 0. The average Bonchev–Trinajstić information content (AvgIpc) is 2.77. The molecule has 2 aliphatic rings. The second-order valence-corrected chi connectivity index (χ2v) is 6.29. The maximum Gasteiger partial charge on any atom is 0.262 e. The topological polar surface area (TPSA) is 74.8 Å². The van der Waals surface area contributed by atoms with Crippen molar-refractivity contribution < 1.29 is 19.2 Å². The fourth-order valence-electron chi connectivity index (χ4n) is 3.06. The van der Waals surface area contributed by atoms with Crippen LogP contribution in [0.25, 0.3) is 0 Å². The molecule has 1 unspecified atom stereocenters. The molecule has 6 heteroatoms. The molecule has 2 aliphatic heterocycles. The Kier molecular flexibility index (Phi) is 3.55. The average molecular weight is 314 g/mol. The standard InChI is InChI=1S/C17H18N2O4/c1-9(2)10-4-5-11-12(8-10)16(22)19(15(11)21)13-6-7-14(20)18(3)17(13)23/h4-5,8-9,13H,6-7H2,1-3H3. The number of imide groups is 2. The third kappa shape index (κ3) is 2.25. The van der Waals surface area contributed by atoms with Gasteiger partial charge in [-0.05, 0) is 30.0 Å². The SMILES string of the molecule is CC(C)c1ccc2c(c1)C(=O)N(C1CCC(=O)N(C)C1=O)C2=O. The van der Waals surface area contributed by atoms with Gasteiger partial charge in [0.05, 0.1) is 11.1 Å². The molecule has 0 N–H and O–H groups in total. The monoisotopic (exact) mass is 314 g/mol. The van der Waals surface area contributed by atoms with Gasteiger partial charge in [0.1, 0.15) is 6.04 Å². The molecule has 23 heavy (non-hydrogen) atoms. The molecule has 3 rings (SSSR count). The van der Waals surface area contributed by atoms with Gasteiger partial charge < -0.3 is 0 Å². The highest BCUT2D eigenvalue weighted by Gasteiger charge is 2.46. The molecule has 0 saturated carbocycles. The summed E-state index contributed by atoms with van der Waals surface area (Å²) in [4.78, 5) is 51.1. The summed E-state index contributed by atoms with van der Waals surface area (Å²) in [6.45, 7) is 4.01. The van der Waals surface area contributed by atoms with Crippen LogP contribution < -0.4 is 0 Å². The molecule has 0 radical (unpaired) electrons. The number of nitrogens with zero attached hydrogens (tertiary/aromatic N) is 2. The Morgan fingerprint density at radius 1 is 1.04 bits per heavy atom. The van der Waals surface area contributed by atoms with E-state index in [1.807, 2.05) is 19.9 Å². The number of hydrogen-bond donors (Lipinski definition) is 0. The normalized spacial score (nSPS) is 21.5. The van der Waals surface area contributed by atoms with Crippen LogP contribution in [0, 0.1) is 0 Å². The van der Waals surface area contributed by atoms with Gasteiger partial charge in [-0.2, -0.15) is 0 Å². The minimum Gasteiger partial charge on any atom is -0.284 e. The van der Waals surface area contributed by atoms with Gasteiger partial charge in [-0.3, -0.25) is 29.0 Å². The van der Waals surface area contributed by atoms with Gasteiger partial charge in [0.25, 0.3) is 17.7 Å². The van der Waals surface area contributed by atoms with Crippen LogP contribution in [0.1, 0.15) is 58.9 Å². The number of hydrogen-bond acceptors (Lipinski definition) is 4. The molecule has 0 aliphatic carbocycles. The van der Waals surface area contributed by atoms with Crippen LogP contribution in [-0.4, -0.2) is 46.5 Å². The summed E-state index contributed by atoms with van der Waals surface area (Å²) in [6, 6.07) is 4.30. The number of carbonyl (C=O) groups excluding carboxylic acids is 4. The fourth-order valence-corrected chi connectivity index (χ4v) is 3.06. The van der Waals surface area contributed by atoms with Crippen LogP contribution >= 0.6 is 0 Å². The summed E-state index contributed by atoms with van der Waals surface area (Å²) in [7, 11) is 1.38. The fraction of sp³-hybridized carbons (Fsp3) is 0.412. The Hall–Kier alpha value is -2.50. The molecule has 120 valence electrons. The van der Waals surface area contributed by atoms with E-state index in [1.165, 1.54) is 7.05 Å². The molecule has 1 atom stereocenters. The molecule has 1 fully saturated rings. The number of amides is 4. The number of rotatable bonds is 2. The van der Waals surface area contributed by atoms with Crippen LogP contribution in [0.15, 0.2) is 18.2 Å². The number of likely N-dealkylation sites (tertiary alicyclic amines) is 1. The second-order valence-electron chi connectivity index (χ2n) is 6.29. The molecule has 0 spiro atoms. The van der Waals surface area contributed by atoms with Gasteiger partial charge in [-0.25, -0.2) is 0 Å². The first-order valence-corrected chi connectivity index (χ1v) is 7.65. The van der Waals surface area contributed by atoms with Gasteiger partial charge in [0.2, 0.25) is 5.91 Å². The molecule has 4 amide bonds.